The third-order valence-electron chi connectivity index (χ3n) is 2.72. The van der Waals surface area contributed by atoms with E-state index in [9.17, 15) is 9.18 Å². The Balaban J connectivity index is 2.18. The Morgan fingerprint density at radius 2 is 2.16 bits per heavy atom. The Morgan fingerprint density at radius 1 is 1.42 bits per heavy atom. The Hall–Kier alpha value is -2.37. The first-order chi connectivity index (χ1) is 9.11. The molecule has 0 saturated heterocycles. The zero-order valence-electron chi connectivity index (χ0n) is 10.6. The third-order valence-corrected chi connectivity index (χ3v) is 2.72. The number of para-hydroxylation sites is 1. The van der Waals surface area contributed by atoms with E-state index in [2.05, 4.69) is 5.10 Å². The number of carbonyl (C=O) groups excluding carboxylic acids is 1. The van der Waals surface area contributed by atoms with Gasteiger partial charge in [-0.3, -0.25) is 9.48 Å². The molecular weight excluding hydrogens is 247 g/mol. The number of hydrogen-bond donors (Lipinski definition) is 1. The number of amides is 1. The average Bonchev–Trinajstić information content (AvgIpc) is 2.78. The van der Waals surface area contributed by atoms with E-state index in [-0.39, 0.29) is 18.1 Å². The van der Waals surface area contributed by atoms with Gasteiger partial charge < -0.3 is 10.6 Å². The van der Waals surface area contributed by atoms with Crippen molar-refractivity contribution in [1.29, 1.82) is 0 Å². The van der Waals surface area contributed by atoms with Gasteiger partial charge in [0.05, 0.1) is 5.69 Å². The molecule has 2 rings (SSSR count). The molecule has 0 aliphatic rings. The molecule has 0 fully saturated rings. The summed E-state index contributed by atoms with van der Waals surface area (Å²) < 4.78 is 15.1. The standard InChI is InChI=1S/C13H15FN4O/c1-2-18(11-6-4-3-5-10(11)14)13(19)9-17-8-7-12(15)16-17/h3-8H,2,9H2,1H3,(H2,15,16). The second-order valence-corrected chi connectivity index (χ2v) is 4.03. The van der Waals surface area contributed by atoms with E-state index < -0.39 is 5.82 Å². The average molecular weight is 262 g/mol. The van der Waals surface area contributed by atoms with Crippen LogP contribution in [0, 0.1) is 5.82 Å². The number of nitrogens with zero attached hydrogens (tertiary/aromatic N) is 3. The molecule has 5 nitrogen and oxygen atoms in total. The van der Waals surface area contributed by atoms with Crippen LogP contribution in [0.4, 0.5) is 15.9 Å². The van der Waals surface area contributed by atoms with Crippen molar-refractivity contribution in [2.75, 3.05) is 17.2 Å². The Kier molecular flexibility index (Phi) is 3.79. The molecule has 0 aliphatic heterocycles. The van der Waals surface area contributed by atoms with E-state index in [0.717, 1.165) is 0 Å². The summed E-state index contributed by atoms with van der Waals surface area (Å²) in [6.45, 7) is 2.21. The van der Waals surface area contributed by atoms with Crippen molar-refractivity contribution in [3.05, 3.63) is 42.3 Å². The van der Waals surface area contributed by atoms with Gasteiger partial charge in [-0.25, -0.2) is 4.39 Å². The van der Waals surface area contributed by atoms with Crippen LogP contribution < -0.4 is 10.6 Å². The van der Waals surface area contributed by atoms with Gasteiger partial charge in [-0.15, -0.1) is 0 Å². The fourth-order valence-electron chi connectivity index (χ4n) is 1.84. The molecule has 1 aromatic heterocycles. The molecule has 2 aromatic rings. The van der Waals surface area contributed by atoms with E-state index in [4.69, 9.17) is 5.73 Å². The molecular formula is C13H15FN4O. The lowest BCUT2D eigenvalue weighted by atomic mass is 10.2. The van der Waals surface area contributed by atoms with Crippen molar-refractivity contribution in [2.45, 2.75) is 13.5 Å². The van der Waals surface area contributed by atoms with Crippen molar-refractivity contribution < 1.29 is 9.18 Å². The molecule has 1 aromatic carbocycles. The van der Waals surface area contributed by atoms with Crippen LogP contribution >= 0.6 is 0 Å². The fraction of sp³-hybridized carbons (Fsp3) is 0.231. The Morgan fingerprint density at radius 3 is 2.74 bits per heavy atom. The second kappa shape index (κ2) is 5.51. The topological polar surface area (TPSA) is 64.2 Å². The van der Waals surface area contributed by atoms with Gasteiger partial charge in [0.15, 0.2) is 0 Å². The molecule has 100 valence electrons. The van der Waals surface area contributed by atoms with Gasteiger partial charge in [0.1, 0.15) is 18.2 Å². The summed E-state index contributed by atoms with van der Waals surface area (Å²) in [5.74, 6) is -0.310. The zero-order valence-corrected chi connectivity index (χ0v) is 10.6. The maximum absolute atomic E-state index is 13.7. The number of hydrogen-bond acceptors (Lipinski definition) is 3. The molecule has 1 amide bonds. The maximum atomic E-state index is 13.7. The summed E-state index contributed by atoms with van der Waals surface area (Å²) in [7, 11) is 0. The quantitative estimate of drug-likeness (QED) is 0.911. The smallest absolute Gasteiger partial charge is 0.248 e. The van der Waals surface area contributed by atoms with Crippen molar-refractivity contribution in [3.8, 4) is 0 Å². The molecule has 19 heavy (non-hydrogen) atoms. The molecule has 1 heterocycles. The summed E-state index contributed by atoms with van der Waals surface area (Å²) in [6.07, 6.45) is 1.61. The second-order valence-electron chi connectivity index (χ2n) is 4.03. The number of likely N-dealkylation sites (N-methyl/N-ethyl adjacent to an activating group) is 1. The van der Waals surface area contributed by atoms with Crippen LogP contribution in [0.5, 0.6) is 0 Å². The van der Waals surface area contributed by atoms with Crippen LogP contribution in [0.25, 0.3) is 0 Å². The van der Waals surface area contributed by atoms with Gasteiger partial charge in [-0.05, 0) is 25.1 Å². The molecule has 0 bridgehead atoms. The molecule has 0 radical (unpaired) electrons. The van der Waals surface area contributed by atoms with E-state index >= 15 is 0 Å². The van der Waals surface area contributed by atoms with Gasteiger partial charge in [0, 0.05) is 12.7 Å². The summed E-state index contributed by atoms with van der Waals surface area (Å²) in [6, 6.07) is 7.80. The number of carbonyl (C=O) groups is 1. The minimum absolute atomic E-state index is 0.0272. The van der Waals surface area contributed by atoms with Crippen molar-refractivity contribution in [1.82, 2.24) is 9.78 Å². The number of nitrogens with two attached hydrogens (primary N) is 1. The Bertz CT molecular complexity index is 582. The van der Waals surface area contributed by atoms with E-state index in [1.165, 1.54) is 15.6 Å². The number of aromatic nitrogens is 2. The minimum atomic E-state index is -0.419. The van der Waals surface area contributed by atoms with Crippen LogP contribution in [-0.4, -0.2) is 22.2 Å². The summed E-state index contributed by atoms with van der Waals surface area (Å²) in [4.78, 5) is 13.5. The zero-order chi connectivity index (χ0) is 13.8. The van der Waals surface area contributed by atoms with Gasteiger partial charge in [0.2, 0.25) is 5.91 Å². The Labute approximate surface area is 110 Å². The summed E-state index contributed by atoms with van der Waals surface area (Å²) in [5, 5.41) is 3.94. The minimum Gasteiger partial charge on any atom is -0.382 e. The van der Waals surface area contributed by atoms with Crippen molar-refractivity contribution in [3.63, 3.8) is 0 Å². The predicted molar refractivity (Wildman–Crippen MR) is 71.1 cm³/mol. The maximum Gasteiger partial charge on any atom is 0.248 e. The van der Waals surface area contributed by atoms with Gasteiger partial charge in [0.25, 0.3) is 0 Å². The highest BCUT2D eigenvalue weighted by atomic mass is 19.1. The van der Waals surface area contributed by atoms with Crippen LogP contribution in [0.2, 0.25) is 0 Å². The molecule has 0 spiro atoms. The highest BCUT2D eigenvalue weighted by Crippen LogP contribution is 2.18. The molecule has 6 heteroatoms. The van der Waals surface area contributed by atoms with Crippen molar-refractivity contribution >= 4 is 17.4 Å². The molecule has 0 unspecified atom stereocenters. The summed E-state index contributed by atoms with van der Waals surface area (Å²) >= 11 is 0. The van der Waals surface area contributed by atoms with E-state index in [1.54, 1.807) is 37.4 Å². The first-order valence-corrected chi connectivity index (χ1v) is 5.95. The van der Waals surface area contributed by atoms with Crippen molar-refractivity contribution in [2.24, 2.45) is 0 Å². The largest absolute Gasteiger partial charge is 0.382 e. The first-order valence-electron chi connectivity index (χ1n) is 5.95. The third kappa shape index (κ3) is 2.90. The van der Waals surface area contributed by atoms with Gasteiger partial charge in [-0.2, -0.15) is 5.10 Å². The van der Waals surface area contributed by atoms with Gasteiger partial charge >= 0.3 is 0 Å². The highest BCUT2D eigenvalue weighted by Gasteiger charge is 2.17. The van der Waals surface area contributed by atoms with Crippen LogP contribution in [-0.2, 0) is 11.3 Å². The fourth-order valence-corrected chi connectivity index (χ4v) is 1.84. The van der Waals surface area contributed by atoms with Crippen LogP contribution in [0.15, 0.2) is 36.5 Å². The summed E-state index contributed by atoms with van der Waals surface area (Å²) in [5.41, 5.74) is 5.75. The molecule has 0 aliphatic carbocycles. The molecule has 2 N–H and O–H groups in total. The molecule has 0 atom stereocenters. The van der Waals surface area contributed by atoms with E-state index in [0.29, 0.717) is 12.4 Å². The lowest BCUT2D eigenvalue weighted by molar-refractivity contribution is -0.119. The molecule has 0 saturated carbocycles. The normalized spacial score (nSPS) is 10.4. The van der Waals surface area contributed by atoms with Crippen LogP contribution in [0.1, 0.15) is 6.92 Å². The van der Waals surface area contributed by atoms with Crippen LogP contribution in [0.3, 0.4) is 0 Å². The van der Waals surface area contributed by atoms with E-state index in [1.807, 2.05) is 0 Å². The first kappa shape index (κ1) is 13.1. The predicted octanol–water partition coefficient (Wildman–Crippen LogP) is 1.66. The number of rotatable bonds is 4. The number of halogens is 1. The number of anilines is 2. The number of nitrogen functional groups attached to an aromatic ring is 1. The highest BCUT2D eigenvalue weighted by molar-refractivity contribution is 5.93. The lowest BCUT2D eigenvalue weighted by Crippen LogP contribution is -2.34. The van der Waals surface area contributed by atoms with Gasteiger partial charge in [-0.1, -0.05) is 12.1 Å². The monoisotopic (exact) mass is 262 g/mol. The number of benzene rings is 1. The lowest BCUT2D eigenvalue weighted by Gasteiger charge is -2.21. The SMILES string of the molecule is CCN(C(=O)Cn1ccc(N)n1)c1ccccc1F.